The minimum absolute atomic E-state index is 0.262. The predicted octanol–water partition coefficient (Wildman–Crippen LogP) is 2.91. The number of hydrogen-bond donors (Lipinski definition) is 0. The molecule has 0 aromatic heterocycles. The number of rotatable bonds is 2. The average Bonchev–Trinajstić information content (AvgIpc) is 2.69. The Morgan fingerprint density at radius 3 is 2.16 bits per heavy atom. The van der Waals surface area contributed by atoms with E-state index in [9.17, 15) is 9.59 Å². The molecule has 0 unspecified atom stereocenters. The lowest BCUT2D eigenvalue weighted by Gasteiger charge is -2.16. The molecular weight excluding hydrogens is 240 g/mol. The van der Waals surface area contributed by atoms with Crippen LogP contribution in [0.3, 0.4) is 0 Å². The standard InChI is InChI=1S/C16H20O3/c1-16(2,3)15(18)19-14(17)10-11-8-12-6-4-5-7-13(12)9-11/h4-7,11H,8-10H2,1-3H3. The lowest BCUT2D eigenvalue weighted by atomic mass is 9.97. The van der Waals surface area contributed by atoms with Crippen molar-refractivity contribution in [3.63, 3.8) is 0 Å². The summed E-state index contributed by atoms with van der Waals surface area (Å²) in [5, 5.41) is 0. The van der Waals surface area contributed by atoms with Gasteiger partial charge in [0.15, 0.2) is 0 Å². The van der Waals surface area contributed by atoms with E-state index in [2.05, 4.69) is 12.1 Å². The largest absolute Gasteiger partial charge is 0.393 e. The molecule has 0 heterocycles. The van der Waals surface area contributed by atoms with Gasteiger partial charge in [-0.05, 0) is 50.7 Å². The van der Waals surface area contributed by atoms with Crippen LogP contribution in [0.1, 0.15) is 38.3 Å². The van der Waals surface area contributed by atoms with Gasteiger partial charge >= 0.3 is 11.9 Å². The number of hydrogen-bond acceptors (Lipinski definition) is 3. The topological polar surface area (TPSA) is 43.4 Å². The number of esters is 2. The minimum Gasteiger partial charge on any atom is -0.393 e. The molecule has 0 spiro atoms. The molecule has 0 saturated carbocycles. The van der Waals surface area contributed by atoms with Crippen LogP contribution in [0.4, 0.5) is 0 Å². The van der Waals surface area contributed by atoms with Crippen molar-refractivity contribution in [2.45, 2.75) is 40.0 Å². The number of benzene rings is 1. The molecule has 1 aromatic rings. The highest BCUT2D eigenvalue weighted by molar-refractivity contribution is 5.88. The van der Waals surface area contributed by atoms with Crippen molar-refractivity contribution in [1.29, 1.82) is 0 Å². The molecule has 0 atom stereocenters. The third kappa shape index (κ3) is 3.43. The summed E-state index contributed by atoms with van der Waals surface area (Å²) < 4.78 is 4.90. The lowest BCUT2D eigenvalue weighted by Crippen LogP contribution is -2.26. The van der Waals surface area contributed by atoms with Gasteiger partial charge in [-0.15, -0.1) is 0 Å². The fourth-order valence-electron chi connectivity index (χ4n) is 2.33. The second kappa shape index (κ2) is 5.16. The zero-order chi connectivity index (χ0) is 14.0. The maximum atomic E-state index is 11.8. The SMILES string of the molecule is CC(C)(C)C(=O)OC(=O)CC1Cc2ccccc2C1. The molecular formula is C16H20O3. The van der Waals surface area contributed by atoms with Gasteiger partial charge in [0.1, 0.15) is 0 Å². The first-order valence-electron chi connectivity index (χ1n) is 6.68. The van der Waals surface area contributed by atoms with Crippen LogP contribution in [-0.4, -0.2) is 11.9 Å². The van der Waals surface area contributed by atoms with Crippen molar-refractivity contribution in [2.75, 3.05) is 0 Å². The van der Waals surface area contributed by atoms with E-state index < -0.39 is 17.4 Å². The summed E-state index contributed by atoms with van der Waals surface area (Å²) in [6, 6.07) is 8.23. The van der Waals surface area contributed by atoms with Crippen molar-refractivity contribution < 1.29 is 14.3 Å². The van der Waals surface area contributed by atoms with Gasteiger partial charge in [-0.3, -0.25) is 9.59 Å². The van der Waals surface area contributed by atoms with Crippen molar-refractivity contribution in [2.24, 2.45) is 11.3 Å². The fraction of sp³-hybridized carbons (Fsp3) is 0.500. The van der Waals surface area contributed by atoms with Crippen LogP contribution in [-0.2, 0) is 27.2 Å². The minimum atomic E-state index is -0.631. The molecule has 0 amide bonds. The first kappa shape index (κ1) is 13.8. The van der Waals surface area contributed by atoms with E-state index in [1.54, 1.807) is 20.8 Å². The molecule has 19 heavy (non-hydrogen) atoms. The summed E-state index contributed by atoms with van der Waals surface area (Å²) in [4.78, 5) is 23.4. The zero-order valence-electron chi connectivity index (χ0n) is 11.7. The Bertz CT molecular complexity index is 472. The Balaban J connectivity index is 1.87. The van der Waals surface area contributed by atoms with E-state index >= 15 is 0 Å². The molecule has 0 bridgehead atoms. The first-order valence-corrected chi connectivity index (χ1v) is 6.68. The Morgan fingerprint density at radius 2 is 1.68 bits per heavy atom. The van der Waals surface area contributed by atoms with Crippen LogP contribution in [0.25, 0.3) is 0 Å². The third-order valence-electron chi connectivity index (χ3n) is 3.41. The van der Waals surface area contributed by atoms with Crippen molar-refractivity contribution in [3.05, 3.63) is 35.4 Å². The molecule has 1 aromatic carbocycles. The van der Waals surface area contributed by atoms with Crippen LogP contribution in [0, 0.1) is 11.3 Å². The summed E-state index contributed by atoms with van der Waals surface area (Å²) in [5.74, 6) is -0.594. The van der Waals surface area contributed by atoms with Crippen LogP contribution in [0.5, 0.6) is 0 Å². The zero-order valence-corrected chi connectivity index (χ0v) is 11.7. The highest BCUT2D eigenvalue weighted by Gasteiger charge is 2.28. The molecule has 1 aliphatic carbocycles. The molecule has 0 radical (unpaired) electrons. The third-order valence-corrected chi connectivity index (χ3v) is 3.41. The molecule has 0 fully saturated rings. The van der Waals surface area contributed by atoms with E-state index in [0.29, 0.717) is 6.42 Å². The molecule has 0 saturated heterocycles. The van der Waals surface area contributed by atoms with Gasteiger partial charge in [0, 0.05) is 6.42 Å². The second-order valence-corrected chi connectivity index (χ2v) is 6.26. The molecule has 2 rings (SSSR count). The maximum Gasteiger partial charge on any atom is 0.318 e. The van der Waals surface area contributed by atoms with Crippen molar-refractivity contribution >= 4 is 11.9 Å². The summed E-state index contributed by atoms with van der Waals surface area (Å²) in [7, 11) is 0. The van der Waals surface area contributed by atoms with E-state index in [1.807, 2.05) is 12.1 Å². The highest BCUT2D eigenvalue weighted by Crippen LogP contribution is 2.29. The fourth-order valence-corrected chi connectivity index (χ4v) is 2.33. The quantitative estimate of drug-likeness (QED) is 0.606. The number of carbonyl (C=O) groups is 2. The second-order valence-electron chi connectivity index (χ2n) is 6.26. The van der Waals surface area contributed by atoms with Crippen LogP contribution < -0.4 is 0 Å². The van der Waals surface area contributed by atoms with Gasteiger partial charge in [-0.2, -0.15) is 0 Å². The monoisotopic (exact) mass is 260 g/mol. The Kier molecular flexibility index (Phi) is 3.74. The first-order chi connectivity index (χ1) is 8.86. The summed E-state index contributed by atoms with van der Waals surface area (Å²) >= 11 is 0. The van der Waals surface area contributed by atoms with Gasteiger partial charge < -0.3 is 4.74 Å². The molecule has 3 heteroatoms. The molecule has 1 aliphatic rings. The van der Waals surface area contributed by atoms with Crippen LogP contribution >= 0.6 is 0 Å². The number of carbonyl (C=O) groups excluding carboxylic acids is 2. The molecule has 0 aliphatic heterocycles. The number of fused-ring (bicyclic) bond motifs is 1. The van der Waals surface area contributed by atoms with Gasteiger partial charge in [0.05, 0.1) is 5.41 Å². The van der Waals surface area contributed by atoms with E-state index in [-0.39, 0.29) is 5.92 Å². The van der Waals surface area contributed by atoms with Crippen LogP contribution in [0.2, 0.25) is 0 Å². The molecule has 0 N–H and O–H groups in total. The van der Waals surface area contributed by atoms with Gasteiger partial charge in [0.25, 0.3) is 0 Å². The molecule has 102 valence electrons. The van der Waals surface area contributed by atoms with Crippen molar-refractivity contribution in [1.82, 2.24) is 0 Å². The van der Waals surface area contributed by atoms with E-state index in [1.165, 1.54) is 11.1 Å². The van der Waals surface area contributed by atoms with Gasteiger partial charge in [-0.1, -0.05) is 24.3 Å². The van der Waals surface area contributed by atoms with Crippen molar-refractivity contribution in [3.8, 4) is 0 Å². The Labute approximate surface area is 114 Å². The highest BCUT2D eigenvalue weighted by atomic mass is 16.6. The van der Waals surface area contributed by atoms with Gasteiger partial charge in [0.2, 0.25) is 0 Å². The summed E-state index contributed by atoms with van der Waals surface area (Å²) in [5.41, 5.74) is 1.98. The van der Waals surface area contributed by atoms with E-state index in [4.69, 9.17) is 4.74 Å². The van der Waals surface area contributed by atoms with E-state index in [0.717, 1.165) is 12.8 Å². The summed E-state index contributed by atoms with van der Waals surface area (Å²) in [6.07, 6.45) is 2.11. The number of ether oxygens (including phenoxy) is 1. The van der Waals surface area contributed by atoms with Crippen LogP contribution in [0.15, 0.2) is 24.3 Å². The smallest absolute Gasteiger partial charge is 0.318 e. The summed E-state index contributed by atoms with van der Waals surface area (Å²) in [6.45, 7) is 5.23. The Morgan fingerprint density at radius 1 is 1.16 bits per heavy atom. The normalized spacial score (nSPS) is 15.1. The lowest BCUT2D eigenvalue weighted by molar-refractivity contribution is -0.166. The average molecular weight is 260 g/mol. The molecule has 3 nitrogen and oxygen atoms in total. The van der Waals surface area contributed by atoms with Gasteiger partial charge in [-0.25, -0.2) is 0 Å². The predicted molar refractivity (Wildman–Crippen MR) is 72.5 cm³/mol. The Hall–Kier alpha value is -1.64. The maximum absolute atomic E-state index is 11.8.